The molecule has 0 aliphatic carbocycles. The van der Waals surface area contributed by atoms with E-state index in [1.54, 1.807) is 26.1 Å². The topological polar surface area (TPSA) is 65.7 Å². The van der Waals surface area contributed by atoms with Gasteiger partial charge >= 0.3 is 6.03 Å². The van der Waals surface area contributed by atoms with Crippen LogP contribution in [0, 0.1) is 0 Å². The van der Waals surface area contributed by atoms with E-state index in [4.69, 9.17) is 21.1 Å². The van der Waals surface area contributed by atoms with Crippen LogP contribution < -0.4 is 5.32 Å². The molecular formula is C15H19ClN2O3. The number of likely N-dealkylation sites (N-methyl/N-ethyl adjacent to an activating group) is 1. The Bertz CT molecular complexity index is 641. The van der Waals surface area contributed by atoms with Crippen LogP contribution in [0.4, 0.5) is 4.79 Å². The second-order valence-corrected chi connectivity index (χ2v) is 5.58. The van der Waals surface area contributed by atoms with Crippen molar-refractivity contribution in [2.45, 2.75) is 25.9 Å². The molecule has 0 bridgehead atoms. The molecule has 2 unspecified atom stereocenters. The first-order valence-corrected chi connectivity index (χ1v) is 7.13. The maximum absolute atomic E-state index is 12.0. The molecule has 0 aliphatic heterocycles. The van der Waals surface area contributed by atoms with E-state index in [0.29, 0.717) is 10.8 Å². The minimum absolute atomic E-state index is 0.0819. The average molecular weight is 311 g/mol. The van der Waals surface area contributed by atoms with Gasteiger partial charge in [-0.15, -0.1) is 0 Å². The van der Waals surface area contributed by atoms with E-state index >= 15 is 0 Å². The third-order valence-corrected chi connectivity index (χ3v) is 3.74. The number of hydrogen-bond donors (Lipinski definition) is 2. The number of aliphatic hydroxyl groups excluding tert-OH is 1. The van der Waals surface area contributed by atoms with E-state index in [2.05, 4.69) is 5.32 Å². The summed E-state index contributed by atoms with van der Waals surface area (Å²) >= 11 is 5.94. The zero-order valence-corrected chi connectivity index (χ0v) is 13.0. The van der Waals surface area contributed by atoms with Crippen molar-refractivity contribution >= 4 is 28.6 Å². The predicted octanol–water partition coefficient (Wildman–Crippen LogP) is 3.17. The van der Waals surface area contributed by atoms with Gasteiger partial charge in [0, 0.05) is 17.5 Å². The molecule has 2 amide bonds. The molecule has 0 spiro atoms. The molecule has 2 atom stereocenters. The highest BCUT2D eigenvalue weighted by Gasteiger charge is 2.19. The molecule has 0 saturated heterocycles. The molecule has 2 aromatic rings. The summed E-state index contributed by atoms with van der Waals surface area (Å²) in [6.45, 7) is 3.53. The van der Waals surface area contributed by atoms with Crippen molar-refractivity contribution in [3.8, 4) is 0 Å². The van der Waals surface area contributed by atoms with Crippen molar-refractivity contribution in [2.75, 3.05) is 13.7 Å². The van der Waals surface area contributed by atoms with Crippen molar-refractivity contribution in [3.05, 3.63) is 35.0 Å². The highest BCUT2D eigenvalue weighted by molar-refractivity contribution is 6.31. The molecule has 6 heteroatoms. The van der Waals surface area contributed by atoms with Crippen LogP contribution in [0.25, 0.3) is 11.0 Å². The van der Waals surface area contributed by atoms with Gasteiger partial charge in [-0.1, -0.05) is 11.6 Å². The highest BCUT2D eigenvalue weighted by Crippen LogP contribution is 2.26. The third kappa shape index (κ3) is 3.49. The number of amides is 2. The first-order chi connectivity index (χ1) is 9.92. The Morgan fingerprint density at radius 1 is 1.43 bits per heavy atom. The van der Waals surface area contributed by atoms with Crippen LogP contribution in [-0.4, -0.2) is 35.7 Å². The van der Waals surface area contributed by atoms with Crippen LogP contribution in [0.3, 0.4) is 0 Å². The van der Waals surface area contributed by atoms with Gasteiger partial charge in [0.05, 0.1) is 18.7 Å². The lowest BCUT2D eigenvalue weighted by atomic mass is 10.2. The Hall–Kier alpha value is -1.72. The van der Waals surface area contributed by atoms with E-state index < -0.39 is 0 Å². The molecule has 0 radical (unpaired) electrons. The Morgan fingerprint density at radius 2 is 2.14 bits per heavy atom. The second kappa shape index (κ2) is 6.37. The van der Waals surface area contributed by atoms with Crippen LogP contribution in [0.15, 0.2) is 28.7 Å². The predicted molar refractivity (Wildman–Crippen MR) is 82.5 cm³/mol. The number of furan rings is 1. The van der Waals surface area contributed by atoms with Gasteiger partial charge in [0.15, 0.2) is 0 Å². The van der Waals surface area contributed by atoms with Crippen molar-refractivity contribution in [2.24, 2.45) is 0 Å². The molecule has 0 fully saturated rings. The van der Waals surface area contributed by atoms with Crippen LogP contribution in [0.2, 0.25) is 5.02 Å². The van der Waals surface area contributed by atoms with Gasteiger partial charge in [0.1, 0.15) is 11.3 Å². The molecule has 0 saturated carbocycles. The van der Waals surface area contributed by atoms with Gasteiger partial charge in [-0.2, -0.15) is 0 Å². The Kier molecular flexibility index (Phi) is 4.75. The number of rotatable bonds is 4. The summed E-state index contributed by atoms with van der Waals surface area (Å²) in [4.78, 5) is 13.5. The Labute approximate surface area is 128 Å². The summed E-state index contributed by atoms with van der Waals surface area (Å²) in [5, 5.41) is 13.5. The molecule has 0 aliphatic rings. The van der Waals surface area contributed by atoms with Gasteiger partial charge in [-0.3, -0.25) is 0 Å². The fraction of sp³-hybridized carbons (Fsp3) is 0.400. The van der Waals surface area contributed by atoms with Gasteiger partial charge in [-0.25, -0.2) is 4.79 Å². The second-order valence-electron chi connectivity index (χ2n) is 5.14. The summed E-state index contributed by atoms with van der Waals surface area (Å²) in [7, 11) is 1.64. The van der Waals surface area contributed by atoms with Crippen LogP contribution in [0.1, 0.15) is 25.6 Å². The summed E-state index contributed by atoms with van der Waals surface area (Å²) in [5.74, 6) is 0.658. The minimum atomic E-state index is -0.281. The molecule has 2 rings (SSSR count). The minimum Gasteiger partial charge on any atom is -0.459 e. The quantitative estimate of drug-likeness (QED) is 0.911. The fourth-order valence-corrected chi connectivity index (χ4v) is 2.11. The standard InChI is InChI=1S/C15H19ClN2O3/c1-9(8-19)18(3)15(20)17-10(2)14-7-11-6-12(16)4-5-13(11)21-14/h4-7,9-10,19H,8H2,1-3H3,(H,17,20). The molecule has 1 aromatic carbocycles. The van der Waals surface area contributed by atoms with Crippen molar-refractivity contribution in [3.63, 3.8) is 0 Å². The summed E-state index contributed by atoms with van der Waals surface area (Å²) in [5.41, 5.74) is 0.729. The van der Waals surface area contributed by atoms with E-state index in [-0.39, 0.29) is 24.7 Å². The largest absolute Gasteiger partial charge is 0.459 e. The number of nitrogens with one attached hydrogen (secondary N) is 1. The van der Waals surface area contributed by atoms with Gasteiger partial charge in [0.25, 0.3) is 0 Å². The number of hydrogen-bond acceptors (Lipinski definition) is 3. The number of carbonyl (C=O) groups is 1. The van der Waals surface area contributed by atoms with Crippen LogP contribution >= 0.6 is 11.6 Å². The lowest BCUT2D eigenvalue weighted by molar-refractivity contribution is 0.154. The van der Waals surface area contributed by atoms with E-state index in [1.165, 1.54) is 4.90 Å². The first-order valence-electron chi connectivity index (χ1n) is 6.75. The van der Waals surface area contributed by atoms with Gasteiger partial charge in [0.2, 0.25) is 0 Å². The number of fused-ring (bicyclic) bond motifs is 1. The SMILES string of the molecule is CC(NC(=O)N(C)C(C)CO)c1cc2cc(Cl)ccc2o1. The lowest BCUT2D eigenvalue weighted by Gasteiger charge is -2.25. The molecular weight excluding hydrogens is 292 g/mol. The van der Waals surface area contributed by atoms with Crippen molar-refractivity contribution in [1.82, 2.24) is 10.2 Å². The monoisotopic (exact) mass is 310 g/mol. The molecule has 114 valence electrons. The van der Waals surface area contributed by atoms with Crippen molar-refractivity contribution < 1.29 is 14.3 Å². The Balaban J connectivity index is 2.11. The van der Waals surface area contributed by atoms with Gasteiger partial charge < -0.3 is 19.7 Å². The Morgan fingerprint density at radius 3 is 2.81 bits per heavy atom. The maximum Gasteiger partial charge on any atom is 0.318 e. The molecule has 1 aromatic heterocycles. The maximum atomic E-state index is 12.0. The highest BCUT2D eigenvalue weighted by atomic mass is 35.5. The molecule has 1 heterocycles. The number of aliphatic hydroxyl groups is 1. The zero-order valence-electron chi connectivity index (χ0n) is 12.3. The van der Waals surface area contributed by atoms with Crippen LogP contribution in [-0.2, 0) is 0 Å². The number of nitrogens with zero attached hydrogens (tertiary/aromatic N) is 1. The summed E-state index contributed by atoms with van der Waals surface area (Å²) < 4.78 is 5.71. The number of carbonyl (C=O) groups excluding carboxylic acids is 1. The third-order valence-electron chi connectivity index (χ3n) is 3.51. The summed E-state index contributed by atoms with van der Waals surface area (Å²) in [6, 6.07) is 6.46. The number of urea groups is 1. The number of benzene rings is 1. The number of halogens is 1. The zero-order chi connectivity index (χ0) is 15.6. The van der Waals surface area contributed by atoms with Crippen molar-refractivity contribution in [1.29, 1.82) is 0 Å². The van der Waals surface area contributed by atoms with E-state index in [0.717, 1.165) is 11.0 Å². The average Bonchev–Trinajstić information content (AvgIpc) is 2.88. The smallest absolute Gasteiger partial charge is 0.318 e. The molecule has 2 N–H and O–H groups in total. The molecule has 21 heavy (non-hydrogen) atoms. The molecule has 5 nitrogen and oxygen atoms in total. The lowest BCUT2D eigenvalue weighted by Crippen LogP contribution is -2.44. The van der Waals surface area contributed by atoms with E-state index in [1.807, 2.05) is 19.1 Å². The fourth-order valence-electron chi connectivity index (χ4n) is 1.93. The summed E-state index contributed by atoms with van der Waals surface area (Å²) in [6.07, 6.45) is 0. The van der Waals surface area contributed by atoms with E-state index in [9.17, 15) is 4.79 Å². The van der Waals surface area contributed by atoms with Gasteiger partial charge in [-0.05, 0) is 38.1 Å². The first kappa shape index (κ1) is 15.7. The van der Waals surface area contributed by atoms with Crippen LogP contribution in [0.5, 0.6) is 0 Å². The normalized spacial score (nSPS) is 14.0.